The lowest BCUT2D eigenvalue weighted by Crippen LogP contribution is -2.32. The lowest BCUT2D eigenvalue weighted by molar-refractivity contribution is -0.385. The number of nitrogens with one attached hydrogen (secondary N) is 1. The maximum absolute atomic E-state index is 12.2. The minimum atomic E-state index is -0.689. The number of nitrogens with zero attached hydrogens (tertiary/aromatic N) is 1. The summed E-state index contributed by atoms with van der Waals surface area (Å²) < 4.78 is 0. The highest BCUT2D eigenvalue weighted by atomic mass is 16.6. The molecule has 0 aromatic heterocycles. The number of aromatic hydroxyl groups is 1. The molecule has 2 aromatic rings. The van der Waals surface area contributed by atoms with Crippen LogP contribution >= 0.6 is 0 Å². The van der Waals surface area contributed by atoms with E-state index in [0.29, 0.717) is 6.54 Å². The number of carbonyl (C=O) groups is 1. The fraction of sp³-hybridized carbons (Fsp3) is 0.235. The summed E-state index contributed by atoms with van der Waals surface area (Å²) >= 11 is 0. The van der Waals surface area contributed by atoms with Gasteiger partial charge < -0.3 is 10.4 Å². The Balaban J connectivity index is 1.69. The minimum Gasteiger partial charge on any atom is -0.502 e. The number of rotatable bonds is 5. The molecule has 1 aliphatic carbocycles. The Labute approximate surface area is 132 Å². The number of nitro benzene ring substituents is 1. The molecule has 0 unspecified atom stereocenters. The SMILES string of the molecule is O=C(NCC1(c2ccccc2)CC1)c1ccc([N+](=O)[O-])c(O)c1. The van der Waals surface area contributed by atoms with E-state index in [-0.39, 0.29) is 16.9 Å². The lowest BCUT2D eigenvalue weighted by atomic mass is 9.96. The highest BCUT2D eigenvalue weighted by Gasteiger charge is 2.44. The van der Waals surface area contributed by atoms with Gasteiger partial charge in [-0.25, -0.2) is 0 Å². The van der Waals surface area contributed by atoms with Crippen LogP contribution in [-0.2, 0) is 5.41 Å². The van der Waals surface area contributed by atoms with E-state index < -0.39 is 16.4 Å². The van der Waals surface area contributed by atoms with Gasteiger partial charge in [-0.15, -0.1) is 0 Å². The van der Waals surface area contributed by atoms with Crippen LogP contribution in [0.3, 0.4) is 0 Å². The fourth-order valence-corrected chi connectivity index (χ4v) is 2.68. The normalized spacial score (nSPS) is 15.0. The molecule has 0 atom stereocenters. The van der Waals surface area contributed by atoms with Crippen molar-refractivity contribution in [2.45, 2.75) is 18.3 Å². The fourth-order valence-electron chi connectivity index (χ4n) is 2.68. The number of benzene rings is 2. The van der Waals surface area contributed by atoms with Crippen molar-refractivity contribution < 1.29 is 14.8 Å². The van der Waals surface area contributed by atoms with Gasteiger partial charge in [-0.2, -0.15) is 0 Å². The van der Waals surface area contributed by atoms with Crippen LogP contribution in [0.4, 0.5) is 5.69 Å². The molecule has 0 heterocycles. The van der Waals surface area contributed by atoms with Crippen LogP contribution in [-0.4, -0.2) is 22.5 Å². The second kappa shape index (κ2) is 5.72. The predicted molar refractivity (Wildman–Crippen MR) is 84.4 cm³/mol. The van der Waals surface area contributed by atoms with Crippen LogP contribution in [0.5, 0.6) is 5.75 Å². The molecule has 118 valence electrons. The van der Waals surface area contributed by atoms with Crippen molar-refractivity contribution >= 4 is 11.6 Å². The predicted octanol–water partition coefficient (Wildman–Crippen LogP) is 2.76. The Morgan fingerprint density at radius 2 is 1.91 bits per heavy atom. The molecule has 6 heteroatoms. The molecule has 0 radical (unpaired) electrons. The van der Waals surface area contributed by atoms with Gasteiger partial charge in [0, 0.05) is 23.6 Å². The second-order valence-corrected chi connectivity index (χ2v) is 5.79. The molecule has 2 aromatic carbocycles. The van der Waals surface area contributed by atoms with E-state index >= 15 is 0 Å². The van der Waals surface area contributed by atoms with Crippen LogP contribution in [0, 0.1) is 10.1 Å². The lowest BCUT2D eigenvalue weighted by Gasteiger charge is -2.16. The smallest absolute Gasteiger partial charge is 0.310 e. The average Bonchev–Trinajstić information content (AvgIpc) is 3.34. The molecular formula is C17H16N2O4. The number of carbonyl (C=O) groups excluding carboxylic acids is 1. The summed E-state index contributed by atoms with van der Waals surface area (Å²) in [5, 5.41) is 23.1. The zero-order valence-corrected chi connectivity index (χ0v) is 12.4. The van der Waals surface area contributed by atoms with Gasteiger partial charge in [-0.1, -0.05) is 30.3 Å². The van der Waals surface area contributed by atoms with Gasteiger partial charge in [0.25, 0.3) is 5.91 Å². The monoisotopic (exact) mass is 312 g/mol. The van der Waals surface area contributed by atoms with E-state index in [1.54, 1.807) is 0 Å². The molecule has 1 fully saturated rings. The number of hydrogen-bond acceptors (Lipinski definition) is 4. The largest absolute Gasteiger partial charge is 0.502 e. The van der Waals surface area contributed by atoms with E-state index in [2.05, 4.69) is 17.4 Å². The van der Waals surface area contributed by atoms with Crippen LogP contribution in [0.1, 0.15) is 28.8 Å². The third-order valence-corrected chi connectivity index (χ3v) is 4.26. The van der Waals surface area contributed by atoms with E-state index in [4.69, 9.17) is 0 Å². The molecule has 0 saturated heterocycles. The first kappa shape index (κ1) is 15.0. The number of phenols is 1. The molecule has 1 aliphatic rings. The summed E-state index contributed by atoms with van der Waals surface area (Å²) in [7, 11) is 0. The Morgan fingerprint density at radius 3 is 2.48 bits per heavy atom. The van der Waals surface area contributed by atoms with Crippen molar-refractivity contribution in [3.63, 3.8) is 0 Å². The quantitative estimate of drug-likeness (QED) is 0.656. The molecule has 2 N–H and O–H groups in total. The van der Waals surface area contributed by atoms with Crippen molar-refractivity contribution in [3.8, 4) is 5.75 Å². The highest BCUT2D eigenvalue weighted by Crippen LogP contribution is 2.47. The molecule has 3 rings (SSSR count). The average molecular weight is 312 g/mol. The van der Waals surface area contributed by atoms with E-state index in [1.807, 2.05) is 18.2 Å². The summed E-state index contributed by atoms with van der Waals surface area (Å²) in [6.07, 6.45) is 2.03. The topological polar surface area (TPSA) is 92.5 Å². The maximum Gasteiger partial charge on any atom is 0.310 e. The zero-order chi connectivity index (χ0) is 16.4. The summed E-state index contributed by atoms with van der Waals surface area (Å²) in [4.78, 5) is 22.2. The number of amides is 1. The standard InChI is InChI=1S/C17H16N2O4/c20-15-10-12(6-7-14(15)19(22)23)16(21)18-11-17(8-9-17)13-4-2-1-3-5-13/h1-7,10,20H,8-9,11H2,(H,18,21). The molecule has 0 bridgehead atoms. The van der Waals surface area contributed by atoms with Gasteiger partial charge in [0.1, 0.15) is 0 Å². The second-order valence-electron chi connectivity index (χ2n) is 5.79. The van der Waals surface area contributed by atoms with Crippen LogP contribution in [0.25, 0.3) is 0 Å². The molecule has 1 saturated carbocycles. The van der Waals surface area contributed by atoms with Crippen LogP contribution < -0.4 is 5.32 Å². The molecular weight excluding hydrogens is 296 g/mol. The summed E-state index contributed by atoms with van der Waals surface area (Å²) in [6.45, 7) is 0.508. The van der Waals surface area contributed by atoms with Crippen molar-refractivity contribution in [1.29, 1.82) is 0 Å². The third kappa shape index (κ3) is 3.01. The summed E-state index contributed by atoms with van der Waals surface area (Å²) in [5.41, 5.74) is 0.980. The Morgan fingerprint density at radius 1 is 1.22 bits per heavy atom. The van der Waals surface area contributed by atoms with Crippen molar-refractivity contribution in [2.75, 3.05) is 6.54 Å². The van der Waals surface area contributed by atoms with E-state index in [9.17, 15) is 20.0 Å². The number of hydrogen-bond donors (Lipinski definition) is 2. The highest BCUT2D eigenvalue weighted by molar-refractivity contribution is 5.95. The van der Waals surface area contributed by atoms with Crippen LogP contribution in [0.15, 0.2) is 48.5 Å². The molecule has 1 amide bonds. The molecule has 0 spiro atoms. The molecule has 6 nitrogen and oxygen atoms in total. The Hall–Kier alpha value is -2.89. The van der Waals surface area contributed by atoms with Gasteiger partial charge in [0.2, 0.25) is 0 Å². The molecule has 0 aliphatic heterocycles. The number of nitro groups is 1. The molecule has 23 heavy (non-hydrogen) atoms. The Kier molecular flexibility index (Phi) is 3.73. The van der Waals surface area contributed by atoms with Gasteiger partial charge in [0.15, 0.2) is 5.75 Å². The van der Waals surface area contributed by atoms with Gasteiger partial charge in [0.05, 0.1) is 4.92 Å². The first-order chi connectivity index (χ1) is 11.0. The maximum atomic E-state index is 12.2. The third-order valence-electron chi connectivity index (χ3n) is 4.26. The van der Waals surface area contributed by atoms with Crippen molar-refractivity contribution in [1.82, 2.24) is 5.32 Å². The number of phenolic OH excluding ortho intramolecular Hbond substituents is 1. The Bertz CT molecular complexity index is 754. The summed E-state index contributed by atoms with van der Waals surface area (Å²) in [6, 6.07) is 13.6. The minimum absolute atomic E-state index is 0.0141. The zero-order valence-electron chi connectivity index (χ0n) is 12.4. The first-order valence-electron chi connectivity index (χ1n) is 7.33. The summed E-state index contributed by atoms with van der Waals surface area (Å²) in [5.74, 6) is -0.857. The van der Waals surface area contributed by atoms with Crippen LogP contribution in [0.2, 0.25) is 0 Å². The van der Waals surface area contributed by atoms with Gasteiger partial charge >= 0.3 is 5.69 Å². The van der Waals surface area contributed by atoms with Gasteiger partial charge in [-0.05, 0) is 30.5 Å². The van der Waals surface area contributed by atoms with E-state index in [0.717, 1.165) is 25.0 Å². The van der Waals surface area contributed by atoms with Crippen molar-refractivity contribution in [2.24, 2.45) is 0 Å². The first-order valence-corrected chi connectivity index (χ1v) is 7.33. The van der Waals surface area contributed by atoms with E-state index in [1.165, 1.54) is 11.6 Å². The van der Waals surface area contributed by atoms with Crippen molar-refractivity contribution in [3.05, 3.63) is 69.8 Å². The van der Waals surface area contributed by atoms with Gasteiger partial charge in [-0.3, -0.25) is 14.9 Å².